The Bertz CT molecular complexity index is 216. The molecule has 0 bridgehead atoms. The number of carbonyl (C=O) groups excluding carboxylic acids is 1. The van der Waals surface area contributed by atoms with Crippen LogP contribution >= 0.6 is 0 Å². The minimum absolute atomic E-state index is 0.202. The standard InChI is InChI=1S/C12H23NO2/c1-8(2)5-11-10(6-12(14)13-11)9(3)7-15-4/h8-11H,5-7H2,1-4H3,(H,13,14). The first-order chi connectivity index (χ1) is 7.04. The summed E-state index contributed by atoms with van der Waals surface area (Å²) in [5.41, 5.74) is 0. The third-order valence-corrected chi connectivity index (χ3v) is 3.17. The Balaban J connectivity index is 2.55. The van der Waals surface area contributed by atoms with Gasteiger partial charge in [-0.2, -0.15) is 0 Å². The van der Waals surface area contributed by atoms with Crippen LogP contribution in [0.5, 0.6) is 0 Å². The predicted molar refractivity (Wildman–Crippen MR) is 60.5 cm³/mol. The smallest absolute Gasteiger partial charge is 0.220 e. The van der Waals surface area contributed by atoms with Gasteiger partial charge in [-0.3, -0.25) is 4.79 Å². The van der Waals surface area contributed by atoms with Crippen LogP contribution in [0.3, 0.4) is 0 Å². The summed E-state index contributed by atoms with van der Waals surface area (Å²) in [6.45, 7) is 7.31. The van der Waals surface area contributed by atoms with Crippen LogP contribution < -0.4 is 5.32 Å². The summed E-state index contributed by atoms with van der Waals surface area (Å²) in [6, 6.07) is 0.350. The fraction of sp³-hybridized carbons (Fsp3) is 0.917. The lowest BCUT2D eigenvalue weighted by molar-refractivity contribution is -0.119. The van der Waals surface area contributed by atoms with Gasteiger partial charge in [0.1, 0.15) is 0 Å². The third kappa shape index (κ3) is 3.49. The van der Waals surface area contributed by atoms with E-state index in [-0.39, 0.29) is 5.91 Å². The maximum Gasteiger partial charge on any atom is 0.220 e. The van der Waals surface area contributed by atoms with Crippen molar-refractivity contribution in [1.82, 2.24) is 5.32 Å². The van der Waals surface area contributed by atoms with E-state index in [1.54, 1.807) is 7.11 Å². The van der Waals surface area contributed by atoms with Crippen molar-refractivity contribution in [1.29, 1.82) is 0 Å². The van der Waals surface area contributed by atoms with Crippen LogP contribution in [0.25, 0.3) is 0 Å². The molecule has 3 nitrogen and oxygen atoms in total. The molecule has 1 amide bonds. The lowest BCUT2D eigenvalue weighted by Gasteiger charge is -2.25. The van der Waals surface area contributed by atoms with Crippen molar-refractivity contribution >= 4 is 5.91 Å². The number of rotatable bonds is 5. The molecule has 0 aromatic carbocycles. The topological polar surface area (TPSA) is 38.3 Å². The molecular weight excluding hydrogens is 190 g/mol. The highest BCUT2D eigenvalue weighted by molar-refractivity contribution is 5.79. The molecule has 0 aliphatic carbocycles. The van der Waals surface area contributed by atoms with E-state index in [9.17, 15) is 4.79 Å². The predicted octanol–water partition coefficient (Wildman–Crippen LogP) is 1.82. The van der Waals surface area contributed by atoms with Gasteiger partial charge in [-0.15, -0.1) is 0 Å². The quantitative estimate of drug-likeness (QED) is 0.756. The molecule has 1 aliphatic heterocycles. The fourth-order valence-electron chi connectivity index (χ4n) is 2.45. The summed E-state index contributed by atoms with van der Waals surface area (Å²) >= 11 is 0. The highest BCUT2D eigenvalue weighted by Crippen LogP contribution is 2.28. The van der Waals surface area contributed by atoms with Crippen LogP contribution in [0, 0.1) is 17.8 Å². The van der Waals surface area contributed by atoms with Crippen LogP contribution in [0.2, 0.25) is 0 Å². The molecule has 15 heavy (non-hydrogen) atoms. The first-order valence-electron chi connectivity index (χ1n) is 5.82. The van der Waals surface area contributed by atoms with E-state index in [0.29, 0.717) is 30.2 Å². The number of hydrogen-bond donors (Lipinski definition) is 1. The Hall–Kier alpha value is -0.570. The van der Waals surface area contributed by atoms with Crippen molar-refractivity contribution in [3.8, 4) is 0 Å². The average Bonchev–Trinajstić information content (AvgIpc) is 2.46. The first-order valence-corrected chi connectivity index (χ1v) is 5.82. The number of nitrogens with one attached hydrogen (secondary N) is 1. The van der Waals surface area contributed by atoms with Crippen molar-refractivity contribution in [3.63, 3.8) is 0 Å². The van der Waals surface area contributed by atoms with Gasteiger partial charge in [-0.1, -0.05) is 20.8 Å². The van der Waals surface area contributed by atoms with E-state index >= 15 is 0 Å². The average molecular weight is 213 g/mol. The van der Waals surface area contributed by atoms with Crippen molar-refractivity contribution in [2.24, 2.45) is 17.8 Å². The van der Waals surface area contributed by atoms with Gasteiger partial charge in [-0.25, -0.2) is 0 Å². The van der Waals surface area contributed by atoms with Crippen LogP contribution in [-0.4, -0.2) is 25.7 Å². The lowest BCUT2D eigenvalue weighted by atomic mass is 9.84. The molecule has 1 rings (SSSR count). The second-order valence-electron chi connectivity index (χ2n) is 5.10. The second kappa shape index (κ2) is 5.50. The van der Waals surface area contributed by atoms with Gasteiger partial charge in [0, 0.05) is 26.2 Å². The Morgan fingerprint density at radius 2 is 2.13 bits per heavy atom. The SMILES string of the molecule is COCC(C)C1CC(=O)NC1CC(C)C. The Morgan fingerprint density at radius 1 is 1.47 bits per heavy atom. The van der Waals surface area contributed by atoms with Crippen LogP contribution in [0.15, 0.2) is 0 Å². The third-order valence-electron chi connectivity index (χ3n) is 3.17. The van der Waals surface area contributed by atoms with Crippen molar-refractivity contribution < 1.29 is 9.53 Å². The van der Waals surface area contributed by atoms with E-state index in [4.69, 9.17) is 4.74 Å². The molecule has 0 aromatic rings. The number of methoxy groups -OCH3 is 1. The zero-order valence-electron chi connectivity index (χ0n) is 10.2. The summed E-state index contributed by atoms with van der Waals surface area (Å²) in [4.78, 5) is 11.4. The van der Waals surface area contributed by atoms with Gasteiger partial charge in [-0.05, 0) is 24.2 Å². The van der Waals surface area contributed by atoms with Crippen molar-refractivity contribution in [3.05, 3.63) is 0 Å². The molecular formula is C12H23NO2. The number of hydrogen-bond acceptors (Lipinski definition) is 2. The van der Waals surface area contributed by atoms with Crippen molar-refractivity contribution in [2.75, 3.05) is 13.7 Å². The second-order valence-corrected chi connectivity index (χ2v) is 5.10. The molecule has 3 unspecified atom stereocenters. The molecule has 1 saturated heterocycles. The Morgan fingerprint density at radius 3 is 2.67 bits per heavy atom. The van der Waals surface area contributed by atoms with Crippen molar-refractivity contribution in [2.45, 2.75) is 39.7 Å². The van der Waals surface area contributed by atoms with Crippen LogP contribution in [0.4, 0.5) is 0 Å². The molecule has 0 radical (unpaired) electrons. The normalized spacial score (nSPS) is 28.2. The molecule has 1 fully saturated rings. The molecule has 1 N–H and O–H groups in total. The molecule has 0 spiro atoms. The number of carbonyl (C=O) groups is 1. The van der Waals surface area contributed by atoms with E-state index in [1.807, 2.05) is 0 Å². The van der Waals surface area contributed by atoms with Gasteiger partial charge in [0.05, 0.1) is 0 Å². The highest BCUT2D eigenvalue weighted by atomic mass is 16.5. The summed E-state index contributed by atoms with van der Waals surface area (Å²) in [7, 11) is 1.72. The van der Waals surface area contributed by atoms with Gasteiger partial charge >= 0.3 is 0 Å². The summed E-state index contributed by atoms with van der Waals surface area (Å²) in [6.07, 6.45) is 1.74. The minimum atomic E-state index is 0.202. The zero-order valence-corrected chi connectivity index (χ0v) is 10.2. The first kappa shape index (κ1) is 12.5. The molecule has 88 valence electrons. The molecule has 1 heterocycles. The molecule has 3 heteroatoms. The van der Waals surface area contributed by atoms with Crippen LogP contribution in [0.1, 0.15) is 33.6 Å². The molecule has 1 aliphatic rings. The van der Waals surface area contributed by atoms with E-state index in [0.717, 1.165) is 13.0 Å². The highest BCUT2D eigenvalue weighted by Gasteiger charge is 2.35. The Labute approximate surface area is 92.6 Å². The minimum Gasteiger partial charge on any atom is -0.384 e. The summed E-state index contributed by atoms with van der Waals surface area (Å²) in [5.74, 6) is 1.73. The van der Waals surface area contributed by atoms with Gasteiger partial charge < -0.3 is 10.1 Å². The maximum atomic E-state index is 11.4. The van der Waals surface area contributed by atoms with E-state index in [1.165, 1.54) is 0 Å². The van der Waals surface area contributed by atoms with Gasteiger partial charge in [0.25, 0.3) is 0 Å². The van der Waals surface area contributed by atoms with Crippen LogP contribution in [-0.2, 0) is 9.53 Å². The lowest BCUT2D eigenvalue weighted by Crippen LogP contribution is -2.33. The fourth-order valence-corrected chi connectivity index (χ4v) is 2.45. The number of amides is 1. The monoisotopic (exact) mass is 213 g/mol. The summed E-state index contributed by atoms with van der Waals surface area (Å²) in [5, 5.41) is 3.08. The molecule has 3 atom stereocenters. The zero-order chi connectivity index (χ0) is 11.4. The Kier molecular flexibility index (Phi) is 4.58. The van der Waals surface area contributed by atoms with Gasteiger partial charge in [0.2, 0.25) is 5.91 Å². The largest absolute Gasteiger partial charge is 0.384 e. The maximum absolute atomic E-state index is 11.4. The molecule has 0 saturated carbocycles. The summed E-state index contributed by atoms with van der Waals surface area (Å²) < 4.78 is 5.17. The van der Waals surface area contributed by atoms with E-state index < -0.39 is 0 Å². The van der Waals surface area contributed by atoms with Gasteiger partial charge in [0.15, 0.2) is 0 Å². The number of ether oxygens (including phenoxy) is 1. The van der Waals surface area contributed by atoms with E-state index in [2.05, 4.69) is 26.1 Å². The molecule has 0 aromatic heterocycles.